The molecule has 0 bridgehead atoms. The summed E-state index contributed by atoms with van der Waals surface area (Å²) in [5, 5.41) is 5.16. The Morgan fingerprint density at radius 1 is 0.893 bits per heavy atom. The smallest absolute Gasteiger partial charge is 0.252 e. The molecular formula is C20H15F4N3O. The second-order valence-corrected chi connectivity index (χ2v) is 5.88. The molecule has 144 valence electrons. The molecule has 3 aromatic rings. The van der Waals surface area contributed by atoms with Crippen molar-refractivity contribution in [1.82, 2.24) is 10.3 Å². The third-order valence-electron chi connectivity index (χ3n) is 3.96. The highest BCUT2D eigenvalue weighted by Crippen LogP contribution is 2.22. The summed E-state index contributed by atoms with van der Waals surface area (Å²) in [5.74, 6) is -4.84. The number of pyridine rings is 1. The van der Waals surface area contributed by atoms with E-state index in [-0.39, 0.29) is 29.4 Å². The van der Waals surface area contributed by atoms with E-state index in [0.717, 1.165) is 12.1 Å². The largest absolute Gasteiger partial charge is 0.352 e. The van der Waals surface area contributed by atoms with Crippen LogP contribution in [0.3, 0.4) is 0 Å². The van der Waals surface area contributed by atoms with E-state index in [4.69, 9.17) is 0 Å². The van der Waals surface area contributed by atoms with Gasteiger partial charge < -0.3 is 10.6 Å². The molecule has 0 radical (unpaired) electrons. The van der Waals surface area contributed by atoms with E-state index < -0.39 is 23.4 Å². The van der Waals surface area contributed by atoms with Crippen LogP contribution in [0.15, 0.2) is 54.7 Å². The highest BCUT2D eigenvalue weighted by atomic mass is 19.2. The van der Waals surface area contributed by atoms with Crippen molar-refractivity contribution in [2.24, 2.45) is 0 Å². The van der Waals surface area contributed by atoms with Gasteiger partial charge in [0.2, 0.25) is 0 Å². The van der Waals surface area contributed by atoms with Crippen LogP contribution < -0.4 is 10.6 Å². The van der Waals surface area contributed by atoms with Gasteiger partial charge in [0.1, 0.15) is 11.6 Å². The number of amides is 1. The molecule has 2 N–H and O–H groups in total. The van der Waals surface area contributed by atoms with Crippen molar-refractivity contribution < 1.29 is 22.4 Å². The molecule has 4 nitrogen and oxygen atoms in total. The molecule has 1 amide bonds. The molecule has 3 rings (SSSR count). The van der Waals surface area contributed by atoms with Crippen LogP contribution in [0.2, 0.25) is 0 Å². The zero-order valence-corrected chi connectivity index (χ0v) is 14.5. The fourth-order valence-corrected chi connectivity index (χ4v) is 2.48. The standard InChI is InChI=1S/C20H15F4N3O/c21-14-4-2-1-3-12(14)9-10-25-20(28)13-5-8-17(26-11-13)27-16-7-6-15(22)18(23)19(16)24/h1-8,11H,9-10H2,(H,25,28)(H,26,27). The Bertz CT molecular complexity index is 993. The van der Waals surface area contributed by atoms with Crippen molar-refractivity contribution >= 4 is 17.4 Å². The molecule has 28 heavy (non-hydrogen) atoms. The second kappa shape index (κ2) is 8.51. The molecular weight excluding hydrogens is 374 g/mol. The summed E-state index contributed by atoms with van der Waals surface area (Å²) in [5.41, 5.74) is 0.451. The summed E-state index contributed by atoms with van der Waals surface area (Å²) in [4.78, 5) is 16.1. The maximum absolute atomic E-state index is 13.7. The molecule has 0 atom stereocenters. The predicted octanol–water partition coefficient (Wildman–Crippen LogP) is 4.35. The Morgan fingerprint density at radius 3 is 2.39 bits per heavy atom. The van der Waals surface area contributed by atoms with Crippen LogP contribution in [0, 0.1) is 23.3 Å². The van der Waals surface area contributed by atoms with Gasteiger partial charge in [0.05, 0.1) is 11.3 Å². The molecule has 0 aliphatic carbocycles. The molecule has 0 unspecified atom stereocenters. The summed E-state index contributed by atoms with van der Waals surface area (Å²) in [6.45, 7) is 0.236. The first-order valence-corrected chi connectivity index (χ1v) is 8.34. The Morgan fingerprint density at radius 2 is 1.68 bits per heavy atom. The maximum Gasteiger partial charge on any atom is 0.252 e. The number of hydrogen-bond donors (Lipinski definition) is 2. The minimum absolute atomic E-state index is 0.146. The van der Waals surface area contributed by atoms with E-state index in [0.29, 0.717) is 12.0 Å². The van der Waals surface area contributed by atoms with Crippen molar-refractivity contribution in [1.29, 1.82) is 0 Å². The van der Waals surface area contributed by atoms with E-state index in [9.17, 15) is 22.4 Å². The number of halogens is 4. The maximum atomic E-state index is 13.7. The Kier molecular flexibility index (Phi) is 5.88. The average Bonchev–Trinajstić information content (AvgIpc) is 2.70. The van der Waals surface area contributed by atoms with Crippen molar-refractivity contribution in [2.75, 3.05) is 11.9 Å². The molecule has 0 aliphatic rings. The first-order valence-electron chi connectivity index (χ1n) is 8.34. The Balaban J connectivity index is 1.58. The summed E-state index contributed by atoms with van der Waals surface area (Å²) >= 11 is 0. The van der Waals surface area contributed by atoms with Gasteiger partial charge in [-0.3, -0.25) is 4.79 Å². The molecule has 8 heteroatoms. The quantitative estimate of drug-likeness (QED) is 0.487. The van der Waals surface area contributed by atoms with Gasteiger partial charge in [-0.2, -0.15) is 0 Å². The monoisotopic (exact) mass is 389 g/mol. The van der Waals surface area contributed by atoms with E-state index in [1.165, 1.54) is 24.4 Å². The van der Waals surface area contributed by atoms with Gasteiger partial charge in [0.15, 0.2) is 17.5 Å². The van der Waals surface area contributed by atoms with Crippen LogP contribution >= 0.6 is 0 Å². The first kappa shape index (κ1) is 19.3. The van der Waals surface area contributed by atoms with Crippen LogP contribution in [0.5, 0.6) is 0 Å². The molecule has 0 spiro atoms. The fraction of sp³-hybridized carbons (Fsp3) is 0.100. The average molecular weight is 389 g/mol. The molecule has 0 saturated carbocycles. The molecule has 1 heterocycles. The van der Waals surface area contributed by atoms with Crippen molar-refractivity contribution in [3.63, 3.8) is 0 Å². The number of aromatic nitrogens is 1. The minimum atomic E-state index is -1.59. The van der Waals surface area contributed by atoms with Crippen LogP contribution in [0.4, 0.5) is 29.1 Å². The fourth-order valence-electron chi connectivity index (χ4n) is 2.48. The number of benzene rings is 2. The van der Waals surface area contributed by atoms with Gasteiger partial charge in [-0.1, -0.05) is 18.2 Å². The summed E-state index contributed by atoms with van der Waals surface area (Å²) < 4.78 is 53.4. The van der Waals surface area contributed by atoms with Crippen LogP contribution in [-0.4, -0.2) is 17.4 Å². The SMILES string of the molecule is O=C(NCCc1ccccc1F)c1ccc(Nc2ccc(F)c(F)c2F)nc1. The first-order chi connectivity index (χ1) is 13.5. The van der Waals surface area contributed by atoms with Crippen molar-refractivity contribution in [3.8, 4) is 0 Å². The molecule has 0 fully saturated rings. The lowest BCUT2D eigenvalue weighted by Gasteiger charge is -2.09. The van der Waals surface area contributed by atoms with E-state index in [2.05, 4.69) is 15.6 Å². The van der Waals surface area contributed by atoms with Gasteiger partial charge in [0, 0.05) is 12.7 Å². The number of carbonyl (C=O) groups excluding carboxylic acids is 1. The third-order valence-corrected chi connectivity index (χ3v) is 3.96. The zero-order valence-electron chi connectivity index (χ0n) is 14.5. The normalized spacial score (nSPS) is 10.6. The Labute approximate surface area is 158 Å². The zero-order chi connectivity index (χ0) is 20.1. The number of rotatable bonds is 6. The van der Waals surface area contributed by atoms with Crippen LogP contribution in [0.1, 0.15) is 15.9 Å². The third kappa shape index (κ3) is 4.46. The lowest BCUT2D eigenvalue weighted by molar-refractivity contribution is 0.0953. The van der Waals surface area contributed by atoms with Gasteiger partial charge in [-0.15, -0.1) is 0 Å². The van der Waals surface area contributed by atoms with Crippen molar-refractivity contribution in [3.05, 3.63) is 89.1 Å². The summed E-state index contributed by atoms with van der Waals surface area (Å²) in [7, 11) is 0. The van der Waals surface area contributed by atoms with Gasteiger partial charge >= 0.3 is 0 Å². The minimum Gasteiger partial charge on any atom is -0.352 e. The summed E-state index contributed by atoms with van der Waals surface area (Å²) in [6, 6.07) is 11.0. The molecule has 0 saturated heterocycles. The molecule has 0 aliphatic heterocycles. The van der Waals surface area contributed by atoms with Gasteiger partial charge in [-0.25, -0.2) is 22.5 Å². The number of carbonyl (C=O) groups is 1. The van der Waals surface area contributed by atoms with Crippen LogP contribution in [-0.2, 0) is 6.42 Å². The topological polar surface area (TPSA) is 54.0 Å². The molecule has 2 aromatic carbocycles. The lowest BCUT2D eigenvalue weighted by atomic mass is 10.1. The highest BCUT2D eigenvalue weighted by molar-refractivity contribution is 5.94. The molecule has 1 aromatic heterocycles. The number of hydrogen-bond acceptors (Lipinski definition) is 3. The second-order valence-electron chi connectivity index (χ2n) is 5.88. The lowest BCUT2D eigenvalue weighted by Crippen LogP contribution is -2.26. The van der Waals surface area contributed by atoms with E-state index in [1.807, 2.05) is 0 Å². The summed E-state index contributed by atoms with van der Waals surface area (Å²) in [6.07, 6.45) is 1.58. The number of nitrogens with zero attached hydrogens (tertiary/aromatic N) is 1. The van der Waals surface area contributed by atoms with Gasteiger partial charge in [0.25, 0.3) is 5.91 Å². The number of nitrogens with one attached hydrogen (secondary N) is 2. The predicted molar refractivity (Wildman–Crippen MR) is 96.3 cm³/mol. The van der Waals surface area contributed by atoms with E-state index in [1.54, 1.807) is 18.2 Å². The van der Waals surface area contributed by atoms with Gasteiger partial charge in [-0.05, 0) is 42.3 Å². The highest BCUT2D eigenvalue weighted by Gasteiger charge is 2.14. The Hall–Kier alpha value is -3.42. The number of anilines is 2. The van der Waals surface area contributed by atoms with Crippen LogP contribution in [0.25, 0.3) is 0 Å². The van der Waals surface area contributed by atoms with E-state index >= 15 is 0 Å². The van der Waals surface area contributed by atoms with Crippen molar-refractivity contribution in [2.45, 2.75) is 6.42 Å².